The second kappa shape index (κ2) is 6.62. The molecule has 1 aromatic carbocycles. The van der Waals surface area contributed by atoms with E-state index in [1.165, 1.54) is 7.11 Å². The summed E-state index contributed by atoms with van der Waals surface area (Å²) >= 11 is 0. The zero-order valence-electron chi connectivity index (χ0n) is 12.6. The third-order valence-corrected chi connectivity index (χ3v) is 3.89. The van der Waals surface area contributed by atoms with E-state index in [1.54, 1.807) is 0 Å². The lowest BCUT2D eigenvalue weighted by Crippen LogP contribution is -2.43. The minimum absolute atomic E-state index is 0.0874. The molecule has 1 heterocycles. The van der Waals surface area contributed by atoms with Crippen LogP contribution in [0.3, 0.4) is 0 Å². The zero-order chi connectivity index (χ0) is 18.1. The van der Waals surface area contributed by atoms with Crippen molar-refractivity contribution in [2.45, 2.75) is 43.7 Å². The third-order valence-electron chi connectivity index (χ3n) is 3.89. The molecule has 0 spiro atoms. The third kappa shape index (κ3) is 4.19. The summed E-state index contributed by atoms with van der Waals surface area (Å²) in [5, 5.41) is 2.77. The van der Waals surface area contributed by atoms with Gasteiger partial charge in [-0.1, -0.05) is 0 Å². The van der Waals surface area contributed by atoms with E-state index in [0.717, 1.165) is 0 Å². The normalized spacial score (nSPS) is 22.3. The first-order valence-electron chi connectivity index (χ1n) is 7.15. The summed E-state index contributed by atoms with van der Waals surface area (Å²) in [5.74, 6) is -0.595. The standard InChI is InChI=1S/C15H15F6NO2/c1-24-13(23)12-4-2-3-11(22-12)8-5-9(14(16,17)18)7-10(6-8)15(19,20)21/h5-7,11-12,22H,2-4H2,1H3. The van der Waals surface area contributed by atoms with Crippen LogP contribution in [-0.4, -0.2) is 19.1 Å². The van der Waals surface area contributed by atoms with E-state index in [9.17, 15) is 31.1 Å². The molecule has 0 radical (unpaired) electrons. The van der Waals surface area contributed by atoms with Gasteiger partial charge in [0.2, 0.25) is 0 Å². The number of rotatable bonds is 2. The largest absolute Gasteiger partial charge is 0.468 e. The van der Waals surface area contributed by atoms with Crippen LogP contribution in [0.2, 0.25) is 0 Å². The van der Waals surface area contributed by atoms with E-state index in [1.807, 2.05) is 0 Å². The fourth-order valence-corrected chi connectivity index (χ4v) is 2.71. The lowest BCUT2D eigenvalue weighted by Gasteiger charge is -2.30. The molecule has 3 nitrogen and oxygen atoms in total. The molecular formula is C15H15F6NO2. The van der Waals surface area contributed by atoms with Crippen molar-refractivity contribution in [1.29, 1.82) is 0 Å². The van der Waals surface area contributed by atoms with Crippen LogP contribution in [-0.2, 0) is 21.9 Å². The highest BCUT2D eigenvalue weighted by molar-refractivity contribution is 5.75. The summed E-state index contributed by atoms with van der Waals surface area (Å²) in [6.07, 6.45) is -8.58. The monoisotopic (exact) mass is 355 g/mol. The molecule has 134 valence electrons. The van der Waals surface area contributed by atoms with E-state index >= 15 is 0 Å². The average molecular weight is 355 g/mol. The number of ether oxygens (including phenoxy) is 1. The van der Waals surface area contributed by atoms with Gasteiger partial charge in [0.1, 0.15) is 6.04 Å². The number of halogens is 6. The number of piperidine rings is 1. The molecule has 1 fully saturated rings. The molecule has 0 aromatic heterocycles. The molecule has 0 aliphatic carbocycles. The second-order valence-electron chi connectivity index (χ2n) is 5.57. The number of benzene rings is 1. The summed E-state index contributed by atoms with van der Waals surface area (Å²) in [6, 6.07) is -0.0765. The molecule has 1 N–H and O–H groups in total. The van der Waals surface area contributed by atoms with Gasteiger partial charge in [-0.25, -0.2) is 0 Å². The quantitative estimate of drug-likeness (QED) is 0.642. The van der Waals surface area contributed by atoms with Crippen LogP contribution in [0.1, 0.15) is 42.0 Å². The zero-order valence-corrected chi connectivity index (χ0v) is 12.6. The Kier molecular flexibility index (Phi) is 5.12. The fourth-order valence-electron chi connectivity index (χ4n) is 2.71. The molecule has 2 atom stereocenters. The van der Waals surface area contributed by atoms with E-state index in [4.69, 9.17) is 0 Å². The summed E-state index contributed by atoms with van der Waals surface area (Å²) < 4.78 is 82.0. The van der Waals surface area contributed by atoms with Crippen molar-refractivity contribution < 1.29 is 35.9 Å². The number of carbonyl (C=O) groups is 1. The van der Waals surface area contributed by atoms with E-state index < -0.39 is 41.5 Å². The highest BCUT2D eigenvalue weighted by Gasteiger charge is 2.38. The lowest BCUT2D eigenvalue weighted by atomic mass is 9.91. The predicted octanol–water partition coefficient (Wildman–Crippen LogP) is 4.08. The fraction of sp³-hybridized carbons (Fsp3) is 0.533. The van der Waals surface area contributed by atoms with Gasteiger partial charge in [0, 0.05) is 6.04 Å². The Balaban J connectivity index is 2.40. The molecule has 2 rings (SSSR count). The Labute approximate surface area is 134 Å². The molecule has 0 amide bonds. The second-order valence-corrected chi connectivity index (χ2v) is 5.57. The number of hydrogen-bond acceptors (Lipinski definition) is 3. The molecule has 1 aromatic rings. The van der Waals surface area contributed by atoms with Gasteiger partial charge >= 0.3 is 18.3 Å². The maximum Gasteiger partial charge on any atom is 0.416 e. The highest BCUT2D eigenvalue weighted by Crippen LogP contribution is 2.38. The summed E-state index contributed by atoms with van der Waals surface area (Å²) in [6.45, 7) is 0. The van der Waals surface area contributed by atoms with Crippen LogP contribution >= 0.6 is 0 Å². The van der Waals surface area contributed by atoms with Crippen LogP contribution in [0.5, 0.6) is 0 Å². The Morgan fingerprint density at radius 3 is 2.04 bits per heavy atom. The molecule has 2 unspecified atom stereocenters. The van der Waals surface area contributed by atoms with E-state index in [2.05, 4.69) is 10.1 Å². The Morgan fingerprint density at radius 2 is 1.58 bits per heavy atom. The van der Waals surface area contributed by atoms with Gasteiger partial charge in [-0.2, -0.15) is 26.3 Å². The van der Waals surface area contributed by atoms with E-state index in [0.29, 0.717) is 31.4 Å². The summed E-state index contributed by atoms with van der Waals surface area (Å²) in [5.41, 5.74) is -2.88. The molecule has 1 aliphatic rings. The van der Waals surface area contributed by atoms with Gasteiger partial charge in [0.25, 0.3) is 0 Å². The topological polar surface area (TPSA) is 38.3 Å². The number of nitrogens with one attached hydrogen (secondary N) is 1. The van der Waals surface area contributed by atoms with Crippen molar-refractivity contribution >= 4 is 5.97 Å². The van der Waals surface area contributed by atoms with E-state index in [-0.39, 0.29) is 11.6 Å². The molecule has 9 heteroatoms. The average Bonchev–Trinajstić information content (AvgIpc) is 2.52. The van der Waals surface area contributed by atoms with Crippen LogP contribution in [0.4, 0.5) is 26.3 Å². The predicted molar refractivity (Wildman–Crippen MR) is 72.0 cm³/mol. The first kappa shape index (κ1) is 18.6. The van der Waals surface area contributed by atoms with Crippen molar-refractivity contribution in [1.82, 2.24) is 5.32 Å². The van der Waals surface area contributed by atoms with Gasteiger partial charge < -0.3 is 4.74 Å². The Bertz CT molecular complexity index is 579. The van der Waals surface area contributed by atoms with Crippen molar-refractivity contribution in [3.63, 3.8) is 0 Å². The van der Waals surface area contributed by atoms with Gasteiger partial charge in [-0.15, -0.1) is 0 Å². The van der Waals surface area contributed by atoms with Crippen LogP contribution in [0, 0.1) is 0 Å². The number of hydrogen-bond donors (Lipinski definition) is 1. The summed E-state index contributed by atoms with van der Waals surface area (Å²) in [4.78, 5) is 11.6. The van der Waals surface area contributed by atoms with Crippen molar-refractivity contribution in [2.24, 2.45) is 0 Å². The van der Waals surface area contributed by atoms with Crippen molar-refractivity contribution in [3.05, 3.63) is 34.9 Å². The number of alkyl halides is 6. The maximum atomic E-state index is 12.9. The minimum Gasteiger partial charge on any atom is -0.468 e. The Hall–Kier alpha value is -1.77. The molecule has 0 saturated carbocycles. The summed E-state index contributed by atoms with van der Waals surface area (Å²) in [7, 11) is 1.17. The SMILES string of the molecule is COC(=O)C1CCCC(c2cc(C(F)(F)F)cc(C(F)(F)F)c2)N1. The van der Waals surface area contributed by atoms with Crippen LogP contribution in [0.25, 0.3) is 0 Å². The lowest BCUT2D eigenvalue weighted by molar-refractivity contribution is -0.145. The molecule has 0 bridgehead atoms. The number of esters is 1. The van der Waals surface area contributed by atoms with Gasteiger partial charge in [-0.05, 0) is 43.0 Å². The van der Waals surface area contributed by atoms with Gasteiger partial charge in [0.15, 0.2) is 0 Å². The molecule has 24 heavy (non-hydrogen) atoms. The van der Waals surface area contributed by atoms with Gasteiger partial charge in [0.05, 0.1) is 18.2 Å². The van der Waals surface area contributed by atoms with Gasteiger partial charge in [-0.3, -0.25) is 10.1 Å². The maximum absolute atomic E-state index is 12.9. The molecule has 1 saturated heterocycles. The first-order valence-corrected chi connectivity index (χ1v) is 7.15. The number of carbonyl (C=O) groups excluding carboxylic acids is 1. The van der Waals surface area contributed by atoms with Crippen LogP contribution in [0.15, 0.2) is 18.2 Å². The number of methoxy groups -OCH3 is 1. The van der Waals surface area contributed by atoms with Crippen molar-refractivity contribution in [3.8, 4) is 0 Å². The molecule has 1 aliphatic heterocycles. The molecular weight excluding hydrogens is 340 g/mol. The minimum atomic E-state index is -4.90. The van der Waals surface area contributed by atoms with Crippen LogP contribution < -0.4 is 5.32 Å². The first-order chi connectivity index (χ1) is 11.0. The smallest absolute Gasteiger partial charge is 0.416 e. The highest BCUT2D eigenvalue weighted by atomic mass is 19.4. The Morgan fingerprint density at radius 1 is 1.04 bits per heavy atom. The van der Waals surface area contributed by atoms with Crippen molar-refractivity contribution in [2.75, 3.05) is 7.11 Å².